The largest absolute Gasteiger partial charge is 0.507 e. The summed E-state index contributed by atoms with van der Waals surface area (Å²) in [5, 5.41) is 23.6. The first kappa shape index (κ1) is 21.8. The van der Waals surface area contributed by atoms with Crippen molar-refractivity contribution in [1.82, 2.24) is 4.98 Å². The Balaban J connectivity index is 1.59. The highest BCUT2D eigenvalue weighted by atomic mass is 16.3. The van der Waals surface area contributed by atoms with Crippen molar-refractivity contribution in [3.63, 3.8) is 0 Å². The fourth-order valence-electron chi connectivity index (χ4n) is 6.40. The number of para-hydroxylation sites is 1. The number of pyridine rings is 1. The fraction of sp³-hybridized carbons (Fsp3) is 0.357. The van der Waals surface area contributed by atoms with E-state index in [1.807, 2.05) is 43.3 Å². The number of aryl methyl sites for hydroxylation is 1. The number of phenols is 1. The van der Waals surface area contributed by atoms with Crippen LogP contribution in [0.3, 0.4) is 0 Å². The Labute approximate surface area is 194 Å². The molecule has 0 amide bonds. The molecule has 2 aromatic carbocycles. The second-order valence-corrected chi connectivity index (χ2v) is 9.88. The number of hydrogen-bond acceptors (Lipinski definition) is 4. The van der Waals surface area contributed by atoms with Crippen LogP contribution >= 0.6 is 0 Å². The lowest BCUT2D eigenvalue weighted by molar-refractivity contribution is -0.985. The average Bonchev–Trinajstić information content (AvgIpc) is 2.85. The van der Waals surface area contributed by atoms with Crippen LogP contribution in [-0.4, -0.2) is 45.1 Å². The van der Waals surface area contributed by atoms with Crippen molar-refractivity contribution in [1.29, 1.82) is 0 Å². The molecule has 5 nitrogen and oxygen atoms in total. The number of fused-ring (bicyclic) bond motifs is 4. The van der Waals surface area contributed by atoms with Gasteiger partial charge in [0.15, 0.2) is 6.29 Å². The number of hydrogen-bond donors (Lipinski definition) is 2. The predicted molar refractivity (Wildman–Crippen MR) is 129 cm³/mol. The van der Waals surface area contributed by atoms with Crippen molar-refractivity contribution in [3.8, 4) is 5.75 Å². The zero-order chi connectivity index (χ0) is 23.2. The molecule has 2 bridgehead atoms. The third-order valence-corrected chi connectivity index (χ3v) is 8.02. The van der Waals surface area contributed by atoms with E-state index in [1.165, 1.54) is 0 Å². The van der Waals surface area contributed by atoms with Gasteiger partial charge in [-0.2, -0.15) is 0 Å². The minimum absolute atomic E-state index is 0.00894. The van der Waals surface area contributed by atoms with Gasteiger partial charge in [0.25, 0.3) is 0 Å². The van der Waals surface area contributed by atoms with Crippen molar-refractivity contribution in [2.75, 3.05) is 13.1 Å². The summed E-state index contributed by atoms with van der Waals surface area (Å²) in [4.78, 5) is 16.0. The van der Waals surface area contributed by atoms with Crippen LogP contribution in [0.2, 0.25) is 0 Å². The van der Waals surface area contributed by atoms with Crippen LogP contribution < -0.4 is 0 Å². The standard InChI is InChI=1S/C28H30N2O3/c1-3-19-15-30(16-21-12-18(2)13-22(17-31)27(21)32)11-9-20(19)14-26(30)28(33)24-8-10-29-25-7-5-4-6-23(24)25/h3-8,10,12-13,17,19-20,26,28,33H,1,9,11,14-16H2,2H3/p+1/t19?,20?,26?,28-,30?/m0/s1. The van der Waals surface area contributed by atoms with E-state index in [-0.39, 0.29) is 11.8 Å². The first-order valence-corrected chi connectivity index (χ1v) is 11.7. The van der Waals surface area contributed by atoms with Crippen molar-refractivity contribution >= 4 is 17.2 Å². The lowest BCUT2D eigenvalue weighted by atomic mass is 9.71. The molecule has 3 aliphatic heterocycles. The molecular weight excluding hydrogens is 412 g/mol. The first-order chi connectivity index (χ1) is 16.0. The molecule has 2 N–H and O–H groups in total. The summed E-state index contributed by atoms with van der Waals surface area (Å²) in [6.45, 7) is 8.43. The number of carbonyl (C=O) groups is 1. The second-order valence-electron chi connectivity index (χ2n) is 9.88. The molecule has 0 radical (unpaired) electrons. The van der Waals surface area contributed by atoms with Gasteiger partial charge in [-0.3, -0.25) is 9.78 Å². The normalized spacial score (nSPS) is 27.4. The SMILES string of the molecule is C=CC1C[N+]2(Cc3cc(C)cc(C=O)c3O)CCC1CC2[C@@H](O)c1ccnc2ccccc12. The fourth-order valence-corrected chi connectivity index (χ4v) is 6.40. The Kier molecular flexibility index (Phi) is 5.55. The summed E-state index contributed by atoms with van der Waals surface area (Å²) in [6.07, 6.45) is 5.89. The van der Waals surface area contributed by atoms with E-state index in [2.05, 4.69) is 17.6 Å². The Hall–Kier alpha value is -3.02. The number of aliphatic hydroxyl groups is 1. The van der Waals surface area contributed by atoms with Gasteiger partial charge in [0, 0.05) is 35.9 Å². The van der Waals surface area contributed by atoms with Gasteiger partial charge in [-0.15, -0.1) is 6.58 Å². The van der Waals surface area contributed by atoms with E-state index >= 15 is 0 Å². The van der Waals surface area contributed by atoms with Crippen LogP contribution in [0.1, 0.15) is 46.0 Å². The van der Waals surface area contributed by atoms with Gasteiger partial charge < -0.3 is 14.7 Å². The van der Waals surface area contributed by atoms with Gasteiger partial charge in [-0.05, 0) is 48.2 Å². The van der Waals surface area contributed by atoms with E-state index in [0.717, 1.165) is 59.8 Å². The minimum atomic E-state index is -0.649. The number of piperidine rings is 3. The molecule has 6 rings (SSSR count). The third kappa shape index (κ3) is 3.65. The van der Waals surface area contributed by atoms with Gasteiger partial charge >= 0.3 is 0 Å². The molecule has 4 heterocycles. The highest BCUT2D eigenvalue weighted by molar-refractivity contribution is 5.82. The number of rotatable bonds is 6. The molecule has 5 heteroatoms. The molecule has 4 unspecified atom stereocenters. The third-order valence-electron chi connectivity index (χ3n) is 8.02. The number of aldehydes is 1. The Morgan fingerprint density at radius 2 is 2.09 bits per heavy atom. The van der Waals surface area contributed by atoms with Crippen LogP contribution in [0.4, 0.5) is 0 Å². The molecule has 0 saturated carbocycles. The summed E-state index contributed by atoms with van der Waals surface area (Å²) >= 11 is 0. The highest BCUT2D eigenvalue weighted by Gasteiger charge is 2.54. The number of aromatic hydroxyl groups is 1. The van der Waals surface area contributed by atoms with Crippen molar-refractivity contribution in [3.05, 3.63) is 83.6 Å². The molecule has 33 heavy (non-hydrogen) atoms. The zero-order valence-corrected chi connectivity index (χ0v) is 19.0. The first-order valence-electron chi connectivity index (χ1n) is 11.7. The van der Waals surface area contributed by atoms with Crippen molar-refractivity contribution in [2.45, 2.75) is 38.5 Å². The van der Waals surface area contributed by atoms with Crippen LogP contribution in [0.15, 0.2) is 61.3 Å². The molecular formula is C28H31N2O3+. The Morgan fingerprint density at radius 1 is 1.27 bits per heavy atom. The number of carbonyl (C=O) groups excluding carboxylic acids is 1. The van der Waals surface area contributed by atoms with Crippen molar-refractivity contribution in [2.24, 2.45) is 11.8 Å². The molecule has 0 aliphatic carbocycles. The van der Waals surface area contributed by atoms with Gasteiger partial charge in [0.2, 0.25) is 0 Å². The highest BCUT2D eigenvalue weighted by Crippen LogP contribution is 2.48. The summed E-state index contributed by atoms with van der Waals surface area (Å²) < 4.78 is 0.681. The van der Waals surface area contributed by atoms with E-state index in [4.69, 9.17) is 0 Å². The maximum Gasteiger partial charge on any atom is 0.153 e. The quantitative estimate of drug-likeness (QED) is 0.329. The maximum absolute atomic E-state index is 11.8. The molecule has 5 atom stereocenters. The topological polar surface area (TPSA) is 70.4 Å². The van der Waals surface area contributed by atoms with Crippen LogP contribution in [0, 0.1) is 18.8 Å². The molecule has 3 aliphatic rings. The summed E-state index contributed by atoms with van der Waals surface area (Å²) in [5.41, 5.74) is 3.84. The number of benzene rings is 2. The van der Waals surface area contributed by atoms with Gasteiger partial charge in [-0.25, -0.2) is 0 Å². The predicted octanol–water partition coefficient (Wildman–Crippen LogP) is 4.71. The number of phenolic OH excluding ortho intramolecular Hbond substituents is 1. The molecule has 0 spiro atoms. The molecule has 3 saturated heterocycles. The molecule has 3 aromatic rings. The molecule has 1 aromatic heterocycles. The van der Waals surface area contributed by atoms with Gasteiger partial charge in [0.05, 0.1) is 24.2 Å². The summed E-state index contributed by atoms with van der Waals surface area (Å²) in [6, 6.07) is 13.6. The minimum Gasteiger partial charge on any atom is -0.507 e. The zero-order valence-electron chi connectivity index (χ0n) is 19.0. The van der Waals surface area contributed by atoms with E-state index in [0.29, 0.717) is 28.4 Å². The molecule has 170 valence electrons. The van der Waals surface area contributed by atoms with Crippen LogP contribution in [0.5, 0.6) is 5.75 Å². The van der Waals surface area contributed by atoms with E-state index in [9.17, 15) is 15.0 Å². The number of aliphatic hydroxyl groups excluding tert-OH is 1. The van der Waals surface area contributed by atoms with E-state index in [1.54, 1.807) is 12.3 Å². The Bertz CT molecular complexity index is 1220. The summed E-state index contributed by atoms with van der Waals surface area (Å²) in [5.74, 6) is 0.953. The lowest BCUT2D eigenvalue weighted by Gasteiger charge is -2.58. The van der Waals surface area contributed by atoms with Crippen LogP contribution in [0.25, 0.3) is 10.9 Å². The van der Waals surface area contributed by atoms with Gasteiger partial charge in [0.1, 0.15) is 24.4 Å². The van der Waals surface area contributed by atoms with E-state index < -0.39 is 6.10 Å². The number of aromatic nitrogens is 1. The Morgan fingerprint density at radius 3 is 2.88 bits per heavy atom. The number of quaternary nitrogens is 1. The second kappa shape index (κ2) is 8.40. The summed E-state index contributed by atoms with van der Waals surface area (Å²) in [7, 11) is 0. The smallest absolute Gasteiger partial charge is 0.153 e. The van der Waals surface area contributed by atoms with Crippen LogP contribution in [-0.2, 0) is 6.54 Å². The monoisotopic (exact) mass is 443 g/mol. The van der Waals surface area contributed by atoms with Gasteiger partial charge in [-0.1, -0.05) is 24.3 Å². The average molecular weight is 444 g/mol. The lowest BCUT2D eigenvalue weighted by Crippen LogP contribution is -2.67. The van der Waals surface area contributed by atoms with Crippen molar-refractivity contribution < 1.29 is 19.5 Å². The molecule has 3 fully saturated rings. The maximum atomic E-state index is 11.8. The number of nitrogens with zero attached hydrogens (tertiary/aromatic N) is 2.